The number of thiocarbonyl (C=S) groups is 1. The third kappa shape index (κ3) is 3.65. The Labute approximate surface area is 125 Å². The second-order valence-electron chi connectivity index (χ2n) is 4.17. The van der Waals surface area contributed by atoms with Crippen molar-refractivity contribution in [1.82, 2.24) is 0 Å². The molecule has 2 aromatic rings. The average molecular weight is 313 g/mol. The number of anilines is 2. The molecule has 0 amide bonds. The molecule has 0 aliphatic carbocycles. The summed E-state index contributed by atoms with van der Waals surface area (Å²) in [5.41, 5.74) is 1.33. The summed E-state index contributed by atoms with van der Waals surface area (Å²) in [6, 6.07) is 8.73. The van der Waals surface area contributed by atoms with Crippen LogP contribution in [0.25, 0.3) is 0 Å². The monoisotopic (exact) mass is 312 g/mol. The number of aryl methyl sites for hydroxylation is 1. The van der Waals surface area contributed by atoms with Crippen LogP contribution in [-0.4, -0.2) is 5.11 Å². The first-order valence-electron chi connectivity index (χ1n) is 5.75. The SMILES string of the molecule is Cc1cc(NC(=S)Nc2ccc(Cl)cc2F)ccc1F. The van der Waals surface area contributed by atoms with Crippen LogP contribution in [0.2, 0.25) is 5.02 Å². The lowest BCUT2D eigenvalue weighted by molar-refractivity contribution is 0.619. The maximum Gasteiger partial charge on any atom is 0.175 e. The highest BCUT2D eigenvalue weighted by atomic mass is 35.5. The number of hydrogen-bond donors (Lipinski definition) is 2. The van der Waals surface area contributed by atoms with E-state index in [2.05, 4.69) is 10.6 Å². The van der Waals surface area contributed by atoms with Gasteiger partial charge in [0, 0.05) is 10.7 Å². The molecule has 0 bridgehead atoms. The molecule has 0 aliphatic rings. The number of rotatable bonds is 2. The first-order valence-corrected chi connectivity index (χ1v) is 6.53. The van der Waals surface area contributed by atoms with Gasteiger partial charge in [-0.2, -0.15) is 0 Å². The first-order chi connectivity index (χ1) is 9.45. The summed E-state index contributed by atoms with van der Waals surface area (Å²) in [6.45, 7) is 1.65. The zero-order valence-corrected chi connectivity index (χ0v) is 12.1. The largest absolute Gasteiger partial charge is 0.332 e. The number of hydrogen-bond acceptors (Lipinski definition) is 1. The van der Waals surface area contributed by atoms with Crippen LogP contribution in [-0.2, 0) is 0 Å². The maximum atomic E-state index is 13.6. The predicted molar refractivity (Wildman–Crippen MR) is 82.4 cm³/mol. The van der Waals surface area contributed by atoms with E-state index in [0.29, 0.717) is 16.3 Å². The van der Waals surface area contributed by atoms with Gasteiger partial charge >= 0.3 is 0 Å². The fourth-order valence-corrected chi connectivity index (χ4v) is 1.98. The molecule has 0 radical (unpaired) electrons. The van der Waals surface area contributed by atoms with E-state index < -0.39 is 5.82 Å². The highest BCUT2D eigenvalue weighted by Gasteiger charge is 2.06. The fourth-order valence-electron chi connectivity index (χ4n) is 1.60. The van der Waals surface area contributed by atoms with Crippen LogP contribution in [0.5, 0.6) is 0 Å². The van der Waals surface area contributed by atoms with Crippen molar-refractivity contribution in [3.63, 3.8) is 0 Å². The van der Waals surface area contributed by atoms with Gasteiger partial charge in [0.2, 0.25) is 0 Å². The second-order valence-corrected chi connectivity index (χ2v) is 5.01. The van der Waals surface area contributed by atoms with Crippen LogP contribution in [0.1, 0.15) is 5.56 Å². The van der Waals surface area contributed by atoms with Gasteiger partial charge in [-0.3, -0.25) is 0 Å². The van der Waals surface area contributed by atoms with E-state index in [1.54, 1.807) is 25.1 Å². The highest BCUT2D eigenvalue weighted by Crippen LogP contribution is 2.19. The van der Waals surface area contributed by atoms with Gasteiger partial charge in [-0.25, -0.2) is 8.78 Å². The smallest absolute Gasteiger partial charge is 0.175 e. The molecule has 0 saturated heterocycles. The van der Waals surface area contributed by atoms with Crippen LogP contribution in [0.3, 0.4) is 0 Å². The van der Waals surface area contributed by atoms with Gasteiger partial charge < -0.3 is 10.6 Å². The van der Waals surface area contributed by atoms with E-state index in [1.165, 1.54) is 18.2 Å². The van der Waals surface area contributed by atoms with Crippen LogP contribution in [0, 0.1) is 18.6 Å². The molecule has 0 aromatic heterocycles. The molecular formula is C14H11ClF2N2S. The second kappa shape index (κ2) is 6.15. The van der Waals surface area contributed by atoms with E-state index in [9.17, 15) is 8.78 Å². The Balaban J connectivity index is 2.07. The van der Waals surface area contributed by atoms with Gasteiger partial charge in [0.15, 0.2) is 5.11 Å². The summed E-state index contributed by atoms with van der Waals surface area (Å²) in [5.74, 6) is -0.796. The molecule has 0 aliphatic heterocycles. The molecule has 0 saturated carbocycles. The third-order valence-corrected chi connectivity index (χ3v) is 3.03. The Hall–Kier alpha value is -1.72. The summed E-state index contributed by atoms with van der Waals surface area (Å²) in [6.07, 6.45) is 0. The molecule has 104 valence electrons. The number of benzene rings is 2. The van der Waals surface area contributed by atoms with E-state index in [1.807, 2.05) is 0 Å². The van der Waals surface area contributed by atoms with Gasteiger partial charge in [0.25, 0.3) is 0 Å². The van der Waals surface area contributed by atoms with Crippen molar-refractivity contribution in [3.05, 3.63) is 58.6 Å². The lowest BCUT2D eigenvalue weighted by Crippen LogP contribution is -2.19. The molecule has 0 heterocycles. The minimum Gasteiger partial charge on any atom is -0.332 e. The van der Waals surface area contributed by atoms with Gasteiger partial charge in [-0.15, -0.1) is 0 Å². The quantitative estimate of drug-likeness (QED) is 0.784. The lowest BCUT2D eigenvalue weighted by Gasteiger charge is -2.12. The Morgan fingerprint density at radius 3 is 2.45 bits per heavy atom. The molecular weight excluding hydrogens is 302 g/mol. The van der Waals surface area contributed by atoms with Crippen molar-refractivity contribution in [1.29, 1.82) is 0 Å². The molecule has 2 rings (SSSR count). The van der Waals surface area contributed by atoms with Crippen molar-refractivity contribution < 1.29 is 8.78 Å². The number of nitrogens with one attached hydrogen (secondary N) is 2. The minimum atomic E-state index is -0.503. The standard InChI is InChI=1S/C14H11ClF2N2S/c1-8-6-10(3-4-11(8)16)18-14(20)19-13-5-2-9(15)7-12(13)17/h2-7H,1H3,(H2,18,19,20). The van der Waals surface area contributed by atoms with Crippen LogP contribution >= 0.6 is 23.8 Å². The van der Waals surface area contributed by atoms with Crippen molar-refractivity contribution in [2.45, 2.75) is 6.92 Å². The zero-order valence-electron chi connectivity index (χ0n) is 10.5. The predicted octanol–water partition coefficient (Wildman–Crippen LogP) is 4.74. The molecule has 2 aromatic carbocycles. The molecule has 0 unspecified atom stereocenters. The molecule has 0 fully saturated rings. The van der Waals surface area contributed by atoms with Gasteiger partial charge in [-0.05, 0) is 61.1 Å². The third-order valence-electron chi connectivity index (χ3n) is 2.60. The van der Waals surface area contributed by atoms with Gasteiger partial charge in [0.05, 0.1) is 5.69 Å². The molecule has 2 nitrogen and oxygen atoms in total. The Morgan fingerprint density at radius 2 is 1.80 bits per heavy atom. The van der Waals surface area contributed by atoms with Crippen LogP contribution in [0.15, 0.2) is 36.4 Å². The average Bonchev–Trinajstić information content (AvgIpc) is 2.37. The van der Waals surface area contributed by atoms with Crippen LogP contribution < -0.4 is 10.6 Å². The molecule has 2 N–H and O–H groups in total. The molecule has 0 spiro atoms. The zero-order chi connectivity index (χ0) is 14.7. The molecule has 0 atom stereocenters. The Morgan fingerprint density at radius 1 is 1.05 bits per heavy atom. The van der Waals surface area contributed by atoms with Crippen molar-refractivity contribution in [2.24, 2.45) is 0 Å². The summed E-state index contributed by atoms with van der Waals surface area (Å²) in [7, 11) is 0. The van der Waals surface area contributed by atoms with E-state index in [0.717, 1.165) is 0 Å². The Kier molecular flexibility index (Phi) is 4.52. The normalized spacial score (nSPS) is 10.2. The first kappa shape index (κ1) is 14.7. The van der Waals surface area contributed by atoms with Crippen molar-refractivity contribution in [2.75, 3.05) is 10.6 Å². The Bertz CT molecular complexity index is 662. The number of halogens is 3. The summed E-state index contributed by atoms with van der Waals surface area (Å²) < 4.78 is 26.7. The van der Waals surface area contributed by atoms with Gasteiger partial charge in [0.1, 0.15) is 11.6 Å². The van der Waals surface area contributed by atoms with Gasteiger partial charge in [-0.1, -0.05) is 11.6 Å². The molecule has 20 heavy (non-hydrogen) atoms. The van der Waals surface area contributed by atoms with E-state index in [-0.39, 0.29) is 16.6 Å². The highest BCUT2D eigenvalue weighted by molar-refractivity contribution is 7.80. The summed E-state index contributed by atoms with van der Waals surface area (Å²) in [4.78, 5) is 0. The van der Waals surface area contributed by atoms with E-state index in [4.69, 9.17) is 23.8 Å². The summed E-state index contributed by atoms with van der Waals surface area (Å²) in [5, 5.41) is 6.08. The topological polar surface area (TPSA) is 24.1 Å². The summed E-state index contributed by atoms with van der Waals surface area (Å²) >= 11 is 10.7. The van der Waals surface area contributed by atoms with E-state index >= 15 is 0 Å². The lowest BCUT2D eigenvalue weighted by atomic mass is 10.2. The minimum absolute atomic E-state index is 0.206. The van der Waals surface area contributed by atoms with Crippen molar-refractivity contribution in [3.8, 4) is 0 Å². The molecule has 6 heteroatoms. The maximum absolute atomic E-state index is 13.6. The fraction of sp³-hybridized carbons (Fsp3) is 0.0714. The van der Waals surface area contributed by atoms with Crippen molar-refractivity contribution >= 4 is 40.3 Å². The van der Waals surface area contributed by atoms with Crippen LogP contribution in [0.4, 0.5) is 20.2 Å².